The molecule has 1 aromatic rings. The normalized spacial score (nSPS) is 44.2. The van der Waals surface area contributed by atoms with Crippen molar-refractivity contribution in [2.24, 2.45) is 50.2 Å². The molecule has 1 N–H and O–H groups in total. The van der Waals surface area contributed by atoms with Crippen LogP contribution in [0.15, 0.2) is 35.9 Å². The summed E-state index contributed by atoms with van der Waals surface area (Å²) in [6.45, 7) is 17.8. The van der Waals surface area contributed by atoms with E-state index in [9.17, 15) is 14.4 Å². The molecule has 0 radical (unpaired) electrons. The summed E-state index contributed by atoms with van der Waals surface area (Å²) in [6.07, 6.45) is 10.4. The molecule has 9 atom stereocenters. The van der Waals surface area contributed by atoms with E-state index < -0.39 is 5.41 Å². The molecule has 0 aliphatic heterocycles. The summed E-state index contributed by atoms with van der Waals surface area (Å²) in [5.41, 5.74) is 0.845. The van der Waals surface area contributed by atoms with Gasteiger partial charge in [0.05, 0.1) is 10.7 Å². The van der Waals surface area contributed by atoms with Crippen LogP contribution in [-0.4, -0.2) is 23.8 Å². The zero-order valence-corrected chi connectivity index (χ0v) is 28.8. The highest BCUT2D eigenvalue weighted by Gasteiger charge is 2.70. The highest BCUT2D eigenvalue weighted by Crippen LogP contribution is 2.75. The van der Waals surface area contributed by atoms with Crippen molar-refractivity contribution in [2.45, 2.75) is 119 Å². The summed E-state index contributed by atoms with van der Waals surface area (Å²) in [5, 5.41) is 3.69. The zero-order valence-electron chi connectivity index (χ0n) is 28.1. The summed E-state index contributed by atoms with van der Waals surface area (Å²) in [7, 11) is 0. The Balaban J connectivity index is 1.35. The second-order valence-electron chi connectivity index (χ2n) is 17.1. The summed E-state index contributed by atoms with van der Waals surface area (Å²) >= 11 is 6.42. The molecule has 1 amide bonds. The fourth-order valence-electron chi connectivity index (χ4n) is 11.6. The Bertz CT molecular complexity index is 1430. The number of fused-ring (bicyclic) bond motifs is 7. The lowest BCUT2D eigenvalue weighted by atomic mass is 9.33. The van der Waals surface area contributed by atoms with Crippen LogP contribution in [0.1, 0.15) is 113 Å². The molecule has 6 rings (SSSR count). The third kappa shape index (κ3) is 4.41. The molecule has 6 heteroatoms. The first-order valence-electron chi connectivity index (χ1n) is 16.9. The number of esters is 1. The Labute approximate surface area is 269 Å². The third-order valence-corrected chi connectivity index (χ3v) is 14.8. The van der Waals surface area contributed by atoms with Gasteiger partial charge in [0.15, 0.2) is 5.78 Å². The molecular formula is C38H52ClNO4. The zero-order chi connectivity index (χ0) is 32.1. The fraction of sp³-hybridized carbons (Fsp3) is 0.711. The summed E-state index contributed by atoms with van der Waals surface area (Å²) < 4.78 is 5.87. The molecule has 5 aliphatic carbocycles. The van der Waals surface area contributed by atoms with Crippen LogP contribution < -0.4 is 5.32 Å². The third-order valence-electron chi connectivity index (χ3n) is 14.5. The van der Waals surface area contributed by atoms with E-state index in [-0.39, 0.29) is 62.7 Å². The van der Waals surface area contributed by atoms with Crippen LogP contribution in [0.5, 0.6) is 0 Å². The maximum Gasteiger partial charge on any atom is 0.302 e. The molecule has 44 heavy (non-hydrogen) atoms. The van der Waals surface area contributed by atoms with Gasteiger partial charge in [0, 0.05) is 23.7 Å². The molecule has 4 saturated carbocycles. The minimum atomic E-state index is -0.550. The van der Waals surface area contributed by atoms with Crippen LogP contribution in [-0.2, 0) is 19.1 Å². The second kappa shape index (κ2) is 10.2. The van der Waals surface area contributed by atoms with E-state index in [1.165, 1.54) is 12.5 Å². The molecular weight excluding hydrogens is 570 g/mol. The number of rotatable bonds is 3. The average molecular weight is 622 g/mol. The minimum Gasteiger partial charge on any atom is -0.462 e. The number of halogens is 1. The number of allylic oxidation sites excluding steroid dienone is 2. The van der Waals surface area contributed by atoms with Crippen LogP contribution >= 0.6 is 11.6 Å². The monoisotopic (exact) mass is 621 g/mol. The number of nitrogens with one attached hydrogen (secondary N) is 1. The van der Waals surface area contributed by atoms with Crippen LogP contribution in [0.2, 0.25) is 5.02 Å². The Hall–Kier alpha value is -2.14. The summed E-state index contributed by atoms with van der Waals surface area (Å²) in [5.74, 6) is 0.501. The number of para-hydroxylation sites is 1. The lowest BCUT2D eigenvalue weighted by molar-refractivity contribution is -0.210. The maximum absolute atomic E-state index is 14.7. The van der Waals surface area contributed by atoms with Gasteiger partial charge in [-0.05, 0) is 109 Å². The van der Waals surface area contributed by atoms with Gasteiger partial charge in [-0.3, -0.25) is 14.4 Å². The predicted molar refractivity (Wildman–Crippen MR) is 175 cm³/mol. The quantitative estimate of drug-likeness (QED) is 0.342. The second-order valence-corrected chi connectivity index (χ2v) is 17.6. The van der Waals surface area contributed by atoms with Crippen LogP contribution in [0.3, 0.4) is 0 Å². The number of ketones is 1. The molecule has 0 unspecified atom stereocenters. The van der Waals surface area contributed by atoms with Crippen molar-refractivity contribution in [1.29, 1.82) is 0 Å². The highest BCUT2D eigenvalue weighted by molar-refractivity contribution is 6.33. The van der Waals surface area contributed by atoms with Crippen molar-refractivity contribution in [3.63, 3.8) is 0 Å². The largest absolute Gasteiger partial charge is 0.462 e. The van der Waals surface area contributed by atoms with Crippen molar-refractivity contribution in [3.05, 3.63) is 40.9 Å². The number of amides is 1. The first-order chi connectivity index (χ1) is 20.4. The van der Waals surface area contributed by atoms with Gasteiger partial charge in [0.25, 0.3) is 0 Å². The Morgan fingerprint density at radius 3 is 2.27 bits per heavy atom. The number of carbonyl (C=O) groups is 3. The average Bonchev–Trinajstić information content (AvgIpc) is 2.93. The molecule has 0 aromatic heterocycles. The Kier molecular flexibility index (Phi) is 7.36. The van der Waals surface area contributed by atoms with Gasteiger partial charge in [-0.1, -0.05) is 77.8 Å². The van der Waals surface area contributed by atoms with Gasteiger partial charge in [-0.2, -0.15) is 0 Å². The van der Waals surface area contributed by atoms with Crippen molar-refractivity contribution in [2.75, 3.05) is 5.32 Å². The van der Waals surface area contributed by atoms with Crippen LogP contribution in [0.25, 0.3) is 0 Å². The van der Waals surface area contributed by atoms with Crippen molar-refractivity contribution in [3.8, 4) is 0 Å². The van der Waals surface area contributed by atoms with Crippen LogP contribution in [0.4, 0.5) is 5.69 Å². The van der Waals surface area contributed by atoms with Gasteiger partial charge in [0.2, 0.25) is 5.91 Å². The van der Waals surface area contributed by atoms with Gasteiger partial charge in [-0.15, -0.1) is 0 Å². The lowest BCUT2D eigenvalue weighted by Gasteiger charge is -2.70. The Morgan fingerprint density at radius 1 is 0.909 bits per heavy atom. The van der Waals surface area contributed by atoms with E-state index in [1.807, 2.05) is 18.2 Å². The number of anilines is 1. The fourth-order valence-corrected chi connectivity index (χ4v) is 11.8. The minimum absolute atomic E-state index is 0.0199. The first kappa shape index (κ1) is 31.8. The topological polar surface area (TPSA) is 72.5 Å². The number of hydrogen-bond donors (Lipinski definition) is 1. The molecule has 0 bridgehead atoms. The molecule has 0 saturated heterocycles. The standard InChI is InChI=1S/C38H52ClNO4/c1-23(41)44-30-14-15-36(6)29(33(30,2)3)13-16-38(8)31(36)28(42)21-24-25-22-35(5,18-17-34(25,4)19-20-37(24,38)7)32(43)40-27-12-10-9-11-26(27)39/h9-12,21,25,29-31H,13-20,22H2,1-8H3,(H,40,43)/t25-,29+,30+,31+,34-,35+,36+,37+,38+/m0/s1. The van der Waals surface area contributed by atoms with E-state index in [0.717, 1.165) is 57.8 Å². The van der Waals surface area contributed by atoms with Gasteiger partial charge >= 0.3 is 5.97 Å². The summed E-state index contributed by atoms with van der Waals surface area (Å²) in [6, 6.07) is 7.42. The van der Waals surface area contributed by atoms with E-state index >= 15 is 0 Å². The lowest BCUT2D eigenvalue weighted by Crippen LogP contribution is -2.66. The van der Waals surface area contributed by atoms with E-state index in [4.69, 9.17) is 16.3 Å². The number of benzene rings is 1. The number of ether oxygens (including phenoxy) is 1. The Morgan fingerprint density at radius 2 is 1.59 bits per heavy atom. The number of carbonyl (C=O) groups excluding carboxylic acids is 3. The SMILES string of the molecule is CC(=O)O[C@@H]1CC[C@]2(C)[C@H](CC[C@]3(C)[C@@H]2C(=O)C=C2[C@@H]4C[C@](C)(C(=O)Nc5ccccc5Cl)CC[C@@]4(C)CC[C@]23C)C1(C)C. The molecule has 5 aliphatic rings. The smallest absolute Gasteiger partial charge is 0.302 e. The molecule has 1 aromatic carbocycles. The van der Waals surface area contributed by atoms with E-state index in [0.29, 0.717) is 16.6 Å². The van der Waals surface area contributed by atoms with Crippen molar-refractivity contribution in [1.82, 2.24) is 0 Å². The first-order valence-corrected chi connectivity index (χ1v) is 17.3. The molecule has 0 heterocycles. The van der Waals surface area contributed by atoms with E-state index in [2.05, 4.69) is 59.9 Å². The van der Waals surface area contributed by atoms with Gasteiger partial charge < -0.3 is 10.1 Å². The summed E-state index contributed by atoms with van der Waals surface area (Å²) in [4.78, 5) is 40.5. The molecule has 4 fully saturated rings. The van der Waals surface area contributed by atoms with Gasteiger partial charge in [0.1, 0.15) is 6.10 Å². The maximum atomic E-state index is 14.7. The molecule has 0 spiro atoms. The van der Waals surface area contributed by atoms with Gasteiger partial charge in [-0.25, -0.2) is 0 Å². The van der Waals surface area contributed by atoms with Crippen molar-refractivity contribution >= 4 is 34.9 Å². The van der Waals surface area contributed by atoms with Crippen molar-refractivity contribution < 1.29 is 19.1 Å². The highest BCUT2D eigenvalue weighted by atomic mass is 35.5. The number of hydrogen-bond acceptors (Lipinski definition) is 4. The van der Waals surface area contributed by atoms with Crippen LogP contribution in [0, 0.1) is 50.2 Å². The predicted octanol–water partition coefficient (Wildman–Crippen LogP) is 9.19. The van der Waals surface area contributed by atoms with E-state index in [1.54, 1.807) is 6.07 Å². The molecule has 240 valence electrons. The molecule has 5 nitrogen and oxygen atoms in total.